The van der Waals surface area contributed by atoms with Crippen molar-refractivity contribution in [3.8, 4) is 0 Å². The molecule has 6 nitrogen and oxygen atoms in total. The fourth-order valence-electron chi connectivity index (χ4n) is 2.65. The Morgan fingerprint density at radius 3 is 2.52 bits per heavy atom. The SMILES string of the molecule is CCN1CCC(N(C)C(=O)NCC(C)CCC(=O)O)CC1. The van der Waals surface area contributed by atoms with Crippen LogP contribution in [0.3, 0.4) is 0 Å². The molecule has 1 fully saturated rings. The maximum absolute atomic E-state index is 12.1. The Hall–Kier alpha value is -1.30. The Labute approximate surface area is 127 Å². The first kappa shape index (κ1) is 17.8. The molecule has 2 amide bonds. The van der Waals surface area contributed by atoms with Crippen LogP contribution in [0.2, 0.25) is 0 Å². The molecule has 0 aliphatic carbocycles. The van der Waals surface area contributed by atoms with Gasteiger partial charge in [-0.05, 0) is 31.7 Å². The highest BCUT2D eigenvalue weighted by Crippen LogP contribution is 2.15. The highest BCUT2D eigenvalue weighted by atomic mass is 16.4. The molecule has 1 saturated heterocycles. The third-order valence-electron chi connectivity index (χ3n) is 4.33. The lowest BCUT2D eigenvalue weighted by Crippen LogP contribution is -2.49. The van der Waals surface area contributed by atoms with Crippen molar-refractivity contribution in [1.82, 2.24) is 15.1 Å². The smallest absolute Gasteiger partial charge is 0.317 e. The molecule has 122 valence electrons. The van der Waals surface area contributed by atoms with Gasteiger partial charge in [0, 0.05) is 39.1 Å². The number of urea groups is 1. The molecule has 0 aromatic rings. The summed E-state index contributed by atoms with van der Waals surface area (Å²) in [7, 11) is 1.85. The minimum Gasteiger partial charge on any atom is -0.481 e. The number of carbonyl (C=O) groups is 2. The first-order valence-corrected chi connectivity index (χ1v) is 7.88. The fourth-order valence-corrected chi connectivity index (χ4v) is 2.65. The number of nitrogens with zero attached hydrogens (tertiary/aromatic N) is 2. The minimum absolute atomic E-state index is 0.0490. The Kier molecular flexibility index (Phi) is 7.50. The zero-order valence-corrected chi connectivity index (χ0v) is 13.5. The maximum Gasteiger partial charge on any atom is 0.317 e. The molecular weight excluding hydrogens is 270 g/mol. The Morgan fingerprint density at radius 1 is 1.38 bits per heavy atom. The van der Waals surface area contributed by atoms with Gasteiger partial charge < -0.3 is 20.2 Å². The topological polar surface area (TPSA) is 72.9 Å². The first-order chi connectivity index (χ1) is 9.93. The molecule has 1 atom stereocenters. The summed E-state index contributed by atoms with van der Waals surface area (Å²) in [5.74, 6) is -0.603. The van der Waals surface area contributed by atoms with Crippen LogP contribution in [0.4, 0.5) is 4.79 Å². The average molecular weight is 299 g/mol. The van der Waals surface area contributed by atoms with E-state index < -0.39 is 5.97 Å². The number of carbonyl (C=O) groups excluding carboxylic acids is 1. The quantitative estimate of drug-likeness (QED) is 0.749. The van der Waals surface area contributed by atoms with Crippen molar-refractivity contribution in [3.63, 3.8) is 0 Å². The van der Waals surface area contributed by atoms with Crippen LogP contribution in [0.25, 0.3) is 0 Å². The number of aliphatic carboxylic acids is 1. The van der Waals surface area contributed by atoms with E-state index in [9.17, 15) is 9.59 Å². The summed E-state index contributed by atoms with van der Waals surface area (Å²) in [5, 5.41) is 11.5. The van der Waals surface area contributed by atoms with Crippen LogP contribution in [0, 0.1) is 5.92 Å². The average Bonchev–Trinajstić information content (AvgIpc) is 2.49. The highest BCUT2D eigenvalue weighted by molar-refractivity contribution is 5.74. The lowest BCUT2D eigenvalue weighted by atomic mass is 10.0. The largest absolute Gasteiger partial charge is 0.481 e. The van der Waals surface area contributed by atoms with Crippen LogP contribution in [-0.4, -0.2) is 66.2 Å². The van der Waals surface area contributed by atoms with E-state index in [1.807, 2.05) is 14.0 Å². The zero-order chi connectivity index (χ0) is 15.8. The standard InChI is InChI=1S/C15H29N3O3/c1-4-18-9-7-13(8-10-18)17(3)15(21)16-11-12(2)5-6-14(19)20/h12-13H,4-11H2,1-3H3,(H,16,21)(H,19,20). The summed E-state index contributed by atoms with van der Waals surface area (Å²) < 4.78 is 0. The van der Waals surface area contributed by atoms with Crippen LogP contribution in [0.5, 0.6) is 0 Å². The van der Waals surface area contributed by atoms with Gasteiger partial charge in [0.1, 0.15) is 0 Å². The number of rotatable bonds is 7. The van der Waals surface area contributed by atoms with Crippen LogP contribution in [0.1, 0.15) is 39.5 Å². The molecule has 6 heteroatoms. The molecule has 1 unspecified atom stereocenters. The molecule has 21 heavy (non-hydrogen) atoms. The second-order valence-electron chi connectivity index (χ2n) is 6.00. The third kappa shape index (κ3) is 6.33. The van der Waals surface area contributed by atoms with Gasteiger partial charge in [0.25, 0.3) is 0 Å². The summed E-state index contributed by atoms with van der Waals surface area (Å²) in [4.78, 5) is 26.8. The predicted molar refractivity (Wildman–Crippen MR) is 82.3 cm³/mol. The summed E-state index contributed by atoms with van der Waals surface area (Å²) in [6.45, 7) is 7.83. The van der Waals surface area contributed by atoms with Gasteiger partial charge in [-0.3, -0.25) is 4.79 Å². The van der Waals surface area contributed by atoms with Gasteiger partial charge >= 0.3 is 12.0 Å². The number of likely N-dealkylation sites (tertiary alicyclic amines) is 1. The highest BCUT2D eigenvalue weighted by Gasteiger charge is 2.24. The number of nitrogens with one attached hydrogen (secondary N) is 1. The Bertz CT molecular complexity index is 341. The lowest BCUT2D eigenvalue weighted by Gasteiger charge is -2.36. The predicted octanol–water partition coefficient (Wildman–Crippen LogP) is 1.61. The van der Waals surface area contributed by atoms with Gasteiger partial charge in [0.05, 0.1) is 0 Å². The van der Waals surface area contributed by atoms with Crippen molar-refractivity contribution in [3.05, 3.63) is 0 Å². The summed E-state index contributed by atoms with van der Waals surface area (Å²) in [5.41, 5.74) is 0. The molecule has 1 aliphatic rings. The normalized spacial score (nSPS) is 18.2. The fraction of sp³-hybridized carbons (Fsp3) is 0.867. The van der Waals surface area contributed by atoms with Crippen LogP contribution in [-0.2, 0) is 4.79 Å². The van der Waals surface area contributed by atoms with Crippen LogP contribution in [0.15, 0.2) is 0 Å². The number of amides is 2. The van der Waals surface area contributed by atoms with E-state index in [4.69, 9.17) is 5.11 Å². The van der Waals surface area contributed by atoms with E-state index in [0.29, 0.717) is 19.0 Å². The van der Waals surface area contributed by atoms with Crippen molar-refractivity contribution in [1.29, 1.82) is 0 Å². The lowest BCUT2D eigenvalue weighted by molar-refractivity contribution is -0.137. The summed E-state index contributed by atoms with van der Waals surface area (Å²) in [6.07, 6.45) is 2.79. The number of carboxylic acids is 1. The molecule has 0 aromatic carbocycles. The molecule has 1 heterocycles. The van der Waals surface area contributed by atoms with E-state index >= 15 is 0 Å². The third-order valence-corrected chi connectivity index (χ3v) is 4.33. The number of hydrogen-bond acceptors (Lipinski definition) is 3. The van der Waals surface area contributed by atoms with Crippen molar-refractivity contribution in [2.75, 3.05) is 33.2 Å². The Balaban J connectivity index is 2.26. The monoisotopic (exact) mass is 299 g/mol. The van der Waals surface area contributed by atoms with E-state index in [0.717, 1.165) is 32.5 Å². The molecule has 0 radical (unpaired) electrons. The van der Waals surface area contributed by atoms with Crippen molar-refractivity contribution >= 4 is 12.0 Å². The molecule has 2 N–H and O–H groups in total. The molecule has 0 saturated carbocycles. The van der Waals surface area contributed by atoms with E-state index in [1.54, 1.807) is 4.90 Å². The Morgan fingerprint density at radius 2 is 2.00 bits per heavy atom. The van der Waals surface area contributed by atoms with Gasteiger partial charge in [-0.2, -0.15) is 0 Å². The summed E-state index contributed by atoms with van der Waals surface area (Å²) in [6, 6.07) is 0.259. The van der Waals surface area contributed by atoms with Crippen molar-refractivity contribution < 1.29 is 14.7 Å². The number of carboxylic acid groups (broad SMARTS) is 1. The zero-order valence-electron chi connectivity index (χ0n) is 13.5. The van der Waals surface area contributed by atoms with Crippen LogP contribution >= 0.6 is 0 Å². The van der Waals surface area contributed by atoms with Gasteiger partial charge in [0.2, 0.25) is 0 Å². The van der Waals surface area contributed by atoms with Gasteiger partial charge in [0.15, 0.2) is 0 Å². The summed E-state index contributed by atoms with van der Waals surface area (Å²) >= 11 is 0. The second-order valence-corrected chi connectivity index (χ2v) is 6.00. The van der Waals surface area contributed by atoms with E-state index in [1.165, 1.54) is 0 Å². The maximum atomic E-state index is 12.1. The van der Waals surface area contributed by atoms with Gasteiger partial charge in [-0.15, -0.1) is 0 Å². The molecule has 0 aromatic heterocycles. The molecular formula is C15H29N3O3. The molecule has 0 bridgehead atoms. The molecule has 0 spiro atoms. The molecule has 1 aliphatic heterocycles. The van der Waals surface area contributed by atoms with Gasteiger partial charge in [-0.25, -0.2) is 4.79 Å². The first-order valence-electron chi connectivity index (χ1n) is 7.88. The molecule has 1 rings (SSSR count). The van der Waals surface area contributed by atoms with Crippen LogP contribution < -0.4 is 5.32 Å². The minimum atomic E-state index is -0.784. The van der Waals surface area contributed by atoms with E-state index in [2.05, 4.69) is 17.1 Å². The van der Waals surface area contributed by atoms with Crippen molar-refractivity contribution in [2.24, 2.45) is 5.92 Å². The number of piperidine rings is 1. The number of hydrogen-bond donors (Lipinski definition) is 2. The second kappa shape index (κ2) is 8.87. The van der Waals surface area contributed by atoms with Gasteiger partial charge in [-0.1, -0.05) is 13.8 Å². The van der Waals surface area contributed by atoms with E-state index in [-0.39, 0.29) is 18.4 Å². The van der Waals surface area contributed by atoms with Crippen molar-refractivity contribution in [2.45, 2.75) is 45.6 Å².